The molecule has 6 aliphatic carbocycles. The third-order valence-corrected chi connectivity index (χ3v) is 14.7. The van der Waals surface area contributed by atoms with Crippen molar-refractivity contribution in [3.05, 3.63) is 216 Å². The van der Waals surface area contributed by atoms with E-state index < -0.39 is 0 Å². The van der Waals surface area contributed by atoms with Gasteiger partial charge in [0.15, 0.2) is 0 Å². The summed E-state index contributed by atoms with van der Waals surface area (Å²) in [5, 5.41) is 7.95. The number of fused-ring (bicyclic) bond motifs is 8. The maximum Gasteiger partial charge on any atom is 0.0568 e. The lowest BCUT2D eigenvalue weighted by molar-refractivity contribution is 0.392. The molecule has 3 unspecified atom stereocenters. The maximum atomic E-state index is 2.59. The third kappa shape index (κ3) is 4.13. The highest BCUT2D eigenvalue weighted by Crippen LogP contribution is 2.61. The van der Waals surface area contributed by atoms with E-state index in [0.717, 1.165) is 5.69 Å². The van der Waals surface area contributed by atoms with Crippen LogP contribution in [0.4, 0.5) is 11.4 Å². The second-order valence-electron chi connectivity index (χ2n) is 18.0. The molecule has 7 aromatic carbocycles. The van der Waals surface area contributed by atoms with Gasteiger partial charge in [-0.05, 0) is 109 Å². The Labute approximate surface area is 349 Å². The smallest absolute Gasteiger partial charge is 0.0568 e. The van der Waals surface area contributed by atoms with Crippen LogP contribution in [-0.2, 0) is 5.41 Å². The molecule has 0 amide bonds. The van der Waals surface area contributed by atoms with Gasteiger partial charge in [-0.15, -0.1) is 0 Å². The maximum absolute atomic E-state index is 2.59. The minimum atomic E-state index is -0.0111. The molecule has 0 fully saturated rings. The largest absolute Gasteiger partial charge is 0.310 e. The fourth-order valence-electron chi connectivity index (χ4n) is 12.0. The summed E-state index contributed by atoms with van der Waals surface area (Å²) in [6.45, 7) is 4.87. The van der Waals surface area contributed by atoms with Crippen molar-refractivity contribution in [3.63, 3.8) is 0 Å². The van der Waals surface area contributed by atoms with Crippen molar-refractivity contribution in [2.45, 2.75) is 31.1 Å². The van der Waals surface area contributed by atoms with Gasteiger partial charge in [0.25, 0.3) is 0 Å². The zero-order valence-electron chi connectivity index (χ0n) is 33.5. The van der Waals surface area contributed by atoms with E-state index in [1.54, 1.807) is 0 Å². The van der Waals surface area contributed by atoms with Crippen LogP contribution in [0.15, 0.2) is 193 Å². The van der Waals surface area contributed by atoms with Crippen molar-refractivity contribution in [2.75, 3.05) is 4.90 Å². The molecule has 60 heavy (non-hydrogen) atoms. The van der Waals surface area contributed by atoms with Gasteiger partial charge in [0.05, 0.1) is 16.7 Å². The van der Waals surface area contributed by atoms with E-state index in [-0.39, 0.29) is 5.41 Å². The first kappa shape index (κ1) is 32.8. The predicted molar refractivity (Wildman–Crippen MR) is 252 cm³/mol. The van der Waals surface area contributed by atoms with Gasteiger partial charge in [-0.1, -0.05) is 159 Å². The van der Waals surface area contributed by atoms with E-state index in [1.807, 2.05) is 0 Å². The number of para-hydroxylation sites is 2. The van der Waals surface area contributed by atoms with Gasteiger partial charge in [0.2, 0.25) is 0 Å². The SMILES string of the molecule is CC1(C)c2ccccc2C2C=CC(N(c3ccccc3)c3cc4c5c6c7c(ccc6n4-c4ccccc4)c4c(c-7c(-c6ccccc6)c6cccc3c65)C=CC3=CC34)=CC21. The van der Waals surface area contributed by atoms with Crippen LogP contribution in [0.3, 0.4) is 0 Å². The fourth-order valence-corrected chi connectivity index (χ4v) is 12.0. The Bertz CT molecular complexity index is 3500. The minimum Gasteiger partial charge on any atom is -0.310 e. The molecule has 14 rings (SSSR count). The topological polar surface area (TPSA) is 8.17 Å². The third-order valence-electron chi connectivity index (χ3n) is 14.7. The van der Waals surface area contributed by atoms with Gasteiger partial charge in [0, 0.05) is 56.0 Å². The minimum absolute atomic E-state index is 0.0111. The number of hydrogen-bond donors (Lipinski definition) is 0. The highest BCUT2D eigenvalue weighted by Gasteiger charge is 2.46. The second-order valence-corrected chi connectivity index (χ2v) is 18.0. The molecular formula is C58H40N2. The quantitative estimate of drug-likeness (QED) is 0.169. The first-order valence-corrected chi connectivity index (χ1v) is 21.5. The molecule has 2 nitrogen and oxygen atoms in total. The van der Waals surface area contributed by atoms with Crippen LogP contribution < -0.4 is 4.90 Å². The van der Waals surface area contributed by atoms with Crippen LogP contribution in [0.5, 0.6) is 0 Å². The van der Waals surface area contributed by atoms with Crippen LogP contribution in [0.2, 0.25) is 0 Å². The molecule has 6 aliphatic rings. The molecule has 0 saturated carbocycles. The summed E-state index contributed by atoms with van der Waals surface area (Å²) in [4.78, 5) is 2.55. The molecule has 3 atom stereocenters. The lowest BCUT2D eigenvalue weighted by atomic mass is 9.74. The Morgan fingerprint density at radius 1 is 0.567 bits per heavy atom. The van der Waals surface area contributed by atoms with Crippen LogP contribution in [0, 0.1) is 5.92 Å². The molecular weight excluding hydrogens is 725 g/mol. The highest BCUT2D eigenvalue weighted by molar-refractivity contribution is 6.37. The van der Waals surface area contributed by atoms with Gasteiger partial charge in [0.1, 0.15) is 0 Å². The summed E-state index contributed by atoms with van der Waals surface area (Å²) in [7, 11) is 0. The number of allylic oxidation sites excluding steroid dienone is 6. The standard InChI is InChI=1S/C58H40N2/c1-58(2)46-24-13-12-21-39(46)40-28-26-38(32-47(40)58)59(36-17-8-4-9-18-36)49-33-50-57-53-41(49)22-14-23-42(53)51(34-15-6-3-7-16-34)54-43-27-25-35-31-45(35)52(43)44-29-30-48(56(57)55(44)54)60(50)37-19-10-5-11-20-37/h3-33,40,45,47H,1-2H3. The zero-order valence-corrected chi connectivity index (χ0v) is 33.5. The fraction of sp³-hybridized carbons (Fsp3) is 0.103. The number of nitrogens with zero attached hydrogens (tertiary/aromatic N) is 2. The van der Waals surface area contributed by atoms with E-state index in [2.05, 4.69) is 211 Å². The number of benzene rings is 7. The molecule has 0 aliphatic heterocycles. The molecule has 1 heterocycles. The molecule has 8 aromatic rings. The van der Waals surface area contributed by atoms with E-state index in [9.17, 15) is 0 Å². The first-order chi connectivity index (χ1) is 29.6. The van der Waals surface area contributed by atoms with E-state index >= 15 is 0 Å². The predicted octanol–water partition coefficient (Wildman–Crippen LogP) is 15.1. The zero-order chi connectivity index (χ0) is 39.4. The average Bonchev–Trinajstić information content (AvgIpc) is 3.88. The van der Waals surface area contributed by atoms with Gasteiger partial charge in [-0.2, -0.15) is 0 Å². The molecule has 0 spiro atoms. The van der Waals surface area contributed by atoms with E-state index in [1.165, 1.54) is 111 Å². The Hall–Kier alpha value is -7.16. The van der Waals surface area contributed by atoms with E-state index in [4.69, 9.17) is 0 Å². The molecule has 282 valence electrons. The summed E-state index contributed by atoms with van der Waals surface area (Å²) in [5.74, 6) is 1.07. The lowest BCUT2D eigenvalue weighted by Crippen LogP contribution is -2.28. The van der Waals surface area contributed by atoms with Crippen molar-refractivity contribution in [3.8, 4) is 27.9 Å². The number of hydrogen-bond acceptors (Lipinski definition) is 1. The molecule has 1 aromatic heterocycles. The number of rotatable bonds is 5. The van der Waals surface area contributed by atoms with Crippen molar-refractivity contribution >= 4 is 60.8 Å². The Morgan fingerprint density at radius 3 is 2.15 bits per heavy atom. The Morgan fingerprint density at radius 2 is 1.32 bits per heavy atom. The van der Waals surface area contributed by atoms with Crippen molar-refractivity contribution < 1.29 is 0 Å². The lowest BCUT2D eigenvalue weighted by Gasteiger charge is -2.35. The van der Waals surface area contributed by atoms with Crippen molar-refractivity contribution in [1.29, 1.82) is 0 Å². The highest BCUT2D eigenvalue weighted by atomic mass is 15.2. The molecule has 0 N–H and O–H groups in total. The number of aromatic nitrogens is 1. The van der Waals surface area contributed by atoms with Gasteiger partial charge >= 0.3 is 0 Å². The van der Waals surface area contributed by atoms with E-state index in [0.29, 0.717) is 17.8 Å². The molecule has 0 saturated heterocycles. The first-order valence-electron chi connectivity index (χ1n) is 21.5. The van der Waals surface area contributed by atoms with Crippen LogP contribution in [0.25, 0.3) is 77.4 Å². The molecule has 0 radical (unpaired) electrons. The monoisotopic (exact) mass is 764 g/mol. The summed E-state index contributed by atoms with van der Waals surface area (Å²) in [6.07, 6.45) is 14.7. The van der Waals surface area contributed by atoms with Gasteiger partial charge < -0.3 is 9.47 Å². The van der Waals surface area contributed by atoms with Crippen LogP contribution >= 0.6 is 0 Å². The Balaban J connectivity index is 1.16. The Kier molecular flexibility index (Phi) is 6.29. The summed E-state index contributed by atoms with van der Waals surface area (Å²) in [6, 6.07) is 56.8. The molecule has 2 heteroatoms. The van der Waals surface area contributed by atoms with Gasteiger partial charge in [-0.3, -0.25) is 0 Å². The summed E-state index contributed by atoms with van der Waals surface area (Å²) in [5.41, 5.74) is 19.8. The van der Waals surface area contributed by atoms with Crippen molar-refractivity contribution in [1.82, 2.24) is 4.57 Å². The second kappa shape index (κ2) is 11.5. The summed E-state index contributed by atoms with van der Waals surface area (Å²) < 4.78 is 2.55. The van der Waals surface area contributed by atoms with Crippen molar-refractivity contribution in [2.24, 2.45) is 5.92 Å². The molecule has 0 bridgehead atoms. The number of anilines is 2. The normalized spacial score (nSPS) is 19.5. The van der Waals surface area contributed by atoms with Gasteiger partial charge in [-0.25, -0.2) is 0 Å². The average molecular weight is 765 g/mol. The van der Waals surface area contributed by atoms with Crippen LogP contribution in [0.1, 0.15) is 47.9 Å². The summed E-state index contributed by atoms with van der Waals surface area (Å²) >= 11 is 0. The van der Waals surface area contributed by atoms with Crippen LogP contribution in [-0.4, -0.2) is 4.57 Å².